The Morgan fingerprint density at radius 3 is 2.18 bits per heavy atom. The van der Waals surface area contributed by atoms with Crippen molar-refractivity contribution in [3.63, 3.8) is 0 Å². The van der Waals surface area contributed by atoms with Gasteiger partial charge in [0.2, 0.25) is 0 Å². The number of methoxy groups -OCH3 is 3. The van der Waals surface area contributed by atoms with Crippen LogP contribution in [0.1, 0.15) is 41.4 Å². The average molecular weight is 477 g/mol. The first-order valence-corrected chi connectivity index (χ1v) is 14.7. The van der Waals surface area contributed by atoms with Crippen molar-refractivity contribution in [3.8, 4) is 39.9 Å². The van der Waals surface area contributed by atoms with Gasteiger partial charge in [-0.05, 0) is 47.9 Å². The summed E-state index contributed by atoms with van der Waals surface area (Å²) in [4.78, 5) is 12.4. The van der Waals surface area contributed by atoms with E-state index in [-0.39, 0.29) is 11.6 Å². The minimum atomic E-state index is -1.51. The highest BCUT2D eigenvalue weighted by atomic mass is 28.3. The van der Waals surface area contributed by atoms with Gasteiger partial charge in [-0.15, -0.1) is 5.54 Å². The highest BCUT2D eigenvalue weighted by molar-refractivity contribution is 6.83. The molecule has 0 atom stereocenters. The summed E-state index contributed by atoms with van der Waals surface area (Å²) < 4.78 is 18.0. The van der Waals surface area contributed by atoms with Crippen LogP contribution in [0.4, 0.5) is 0 Å². The highest BCUT2D eigenvalue weighted by Gasteiger charge is 2.24. The Morgan fingerprint density at radius 2 is 1.65 bits per heavy atom. The van der Waals surface area contributed by atoms with Crippen LogP contribution < -0.4 is 9.47 Å². The zero-order valence-corrected chi connectivity index (χ0v) is 22.1. The van der Waals surface area contributed by atoms with Crippen molar-refractivity contribution in [1.29, 1.82) is 0 Å². The maximum Gasteiger partial charge on any atom is 0.358 e. The number of ether oxygens (including phenoxy) is 3. The minimum absolute atomic E-state index is 0.196. The van der Waals surface area contributed by atoms with Crippen LogP contribution in [-0.4, -0.2) is 45.2 Å². The molecular formula is C27H32N2O4Si. The highest BCUT2D eigenvalue weighted by Crippen LogP contribution is 2.40. The molecule has 3 rings (SSSR count). The van der Waals surface area contributed by atoms with E-state index < -0.39 is 14.0 Å². The third-order valence-corrected chi connectivity index (χ3v) is 6.12. The van der Waals surface area contributed by atoms with Crippen molar-refractivity contribution >= 4 is 14.0 Å². The average Bonchev–Trinajstić information content (AvgIpc) is 3.25. The van der Waals surface area contributed by atoms with E-state index in [0.717, 1.165) is 16.8 Å². The van der Waals surface area contributed by atoms with E-state index in [1.807, 2.05) is 30.3 Å². The summed E-state index contributed by atoms with van der Waals surface area (Å²) in [5, 5.41) is 4.64. The maximum atomic E-state index is 12.4. The summed E-state index contributed by atoms with van der Waals surface area (Å²) in [6.45, 7) is 10.9. The van der Waals surface area contributed by atoms with E-state index >= 15 is 0 Å². The molecule has 2 aromatic carbocycles. The molecule has 0 fully saturated rings. The molecule has 178 valence electrons. The van der Waals surface area contributed by atoms with Gasteiger partial charge in [0.15, 0.2) is 5.69 Å². The van der Waals surface area contributed by atoms with Gasteiger partial charge in [0.25, 0.3) is 0 Å². The van der Waals surface area contributed by atoms with Gasteiger partial charge in [0.1, 0.15) is 19.6 Å². The fourth-order valence-corrected chi connectivity index (χ4v) is 4.12. The second-order valence-corrected chi connectivity index (χ2v) is 14.0. The number of benzene rings is 2. The zero-order chi connectivity index (χ0) is 25.0. The second kappa shape index (κ2) is 10.2. The second-order valence-electron chi connectivity index (χ2n) is 9.28. The van der Waals surface area contributed by atoms with Gasteiger partial charge in [-0.2, -0.15) is 5.10 Å². The van der Waals surface area contributed by atoms with Crippen LogP contribution in [0.25, 0.3) is 16.9 Å². The van der Waals surface area contributed by atoms with Crippen LogP contribution in [0.15, 0.2) is 42.5 Å². The van der Waals surface area contributed by atoms with Crippen LogP contribution in [0.2, 0.25) is 19.6 Å². The summed E-state index contributed by atoms with van der Waals surface area (Å²) in [5.74, 6) is 4.25. The largest absolute Gasteiger partial charge is 0.496 e. The third-order valence-electron chi connectivity index (χ3n) is 5.25. The molecule has 3 aromatic rings. The van der Waals surface area contributed by atoms with Crippen LogP contribution in [0.3, 0.4) is 0 Å². The maximum absolute atomic E-state index is 12.4. The number of hydrogen-bond donors (Lipinski definition) is 0. The number of hydrogen-bond acceptors (Lipinski definition) is 5. The lowest BCUT2D eigenvalue weighted by Gasteiger charge is -2.18. The molecule has 34 heavy (non-hydrogen) atoms. The minimum Gasteiger partial charge on any atom is -0.496 e. The van der Waals surface area contributed by atoms with Crippen molar-refractivity contribution in [1.82, 2.24) is 9.78 Å². The van der Waals surface area contributed by atoms with Gasteiger partial charge >= 0.3 is 5.97 Å². The molecule has 0 saturated heterocycles. The number of esters is 1. The normalized spacial score (nSPS) is 11.1. The van der Waals surface area contributed by atoms with Gasteiger partial charge in [0, 0.05) is 5.56 Å². The lowest BCUT2D eigenvalue weighted by atomic mass is 9.98. The predicted octanol–water partition coefficient (Wildman–Crippen LogP) is 5.70. The van der Waals surface area contributed by atoms with Crippen LogP contribution in [-0.2, 0) is 4.74 Å². The lowest BCUT2D eigenvalue weighted by molar-refractivity contribution is 0.0593. The Morgan fingerprint density at radius 1 is 1.00 bits per heavy atom. The first-order chi connectivity index (χ1) is 16.1. The molecule has 0 aliphatic rings. The number of rotatable bonds is 6. The molecule has 0 amide bonds. The molecule has 6 nitrogen and oxygen atoms in total. The Bertz CT molecular complexity index is 1240. The molecule has 0 aliphatic carbocycles. The van der Waals surface area contributed by atoms with Gasteiger partial charge < -0.3 is 14.2 Å². The van der Waals surface area contributed by atoms with E-state index in [1.165, 1.54) is 7.11 Å². The van der Waals surface area contributed by atoms with Gasteiger partial charge in [0.05, 0.1) is 38.3 Å². The molecule has 7 heteroatoms. The van der Waals surface area contributed by atoms with Crippen molar-refractivity contribution in [2.75, 3.05) is 21.3 Å². The monoisotopic (exact) mass is 476 g/mol. The van der Waals surface area contributed by atoms with Crippen molar-refractivity contribution in [2.24, 2.45) is 0 Å². The summed E-state index contributed by atoms with van der Waals surface area (Å²) >= 11 is 0. The summed E-state index contributed by atoms with van der Waals surface area (Å²) in [5.41, 5.74) is 7.88. The number of carbonyl (C=O) groups excluding carboxylic acids is 1. The summed E-state index contributed by atoms with van der Waals surface area (Å²) in [6.07, 6.45) is 0. The molecule has 0 radical (unpaired) electrons. The Hall–Kier alpha value is -3.50. The molecule has 0 bridgehead atoms. The van der Waals surface area contributed by atoms with Crippen molar-refractivity contribution in [2.45, 2.75) is 39.4 Å². The first-order valence-electron chi connectivity index (χ1n) is 11.2. The molecule has 0 spiro atoms. The Kier molecular flexibility index (Phi) is 7.53. The van der Waals surface area contributed by atoms with Gasteiger partial charge in [-0.3, -0.25) is 0 Å². The number of carbonyl (C=O) groups is 1. The van der Waals surface area contributed by atoms with Crippen molar-refractivity contribution in [3.05, 3.63) is 59.3 Å². The fourth-order valence-electron chi connectivity index (χ4n) is 3.60. The molecule has 0 unspecified atom stereocenters. The van der Waals surface area contributed by atoms with E-state index in [1.54, 1.807) is 25.0 Å². The van der Waals surface area contributed by atoms with Gasteiger partial charge in [-0.25, -0.2) is 9.48 Å². The van der Waals surface area contributed by atoms with E-state index in [0.29, 0.717) is 22.8 Å². The van der Waals surface area contributed by atoms with E-state index in [9.17, 15) is 4.79 Å². The molecule has 1 aromatic heterocycles. The molecule has 0 saturated carbocycles. The summed E-state index contributed by atoms with van der Waals surface area (Å²) in [7, 11) is 3.04. The first kappa shape index (κ1) is 25.1. The zero-order valence-electron chi connectivity index (χ0n) is 21.1. The van der Waals surface area contributed by atoms with E-state index in [4.69, 9.17) is 14.2 Å². The van der Waals surface area contributed by atoms with Crippen LogP contribution >= 0.6 is 0 Å². The SMILES string of the molecule is COC(=O)c1cc(-c2c(OC)cccc2OC)n(-c2ccc(C#C[Si](C)(C)C)cc2C(C)C)n1. The molecule has 0 N–H and O–H groups in total. The number of nitrogens with zero attached hydrogens (tertiary/aromatic N) is 2. The molecule has 0 aliphatic heterocycles. The number of aromatic nitrogens is 2. The molecular weight excluding hydrogens is 444 g/mol. The summed E-state index contributed by atoms with van der Waals surface area (Å²) in [6, 6.07) is 13.4. The Balaban J connectivity index is 2.31. The molecule has 1 heterocycles. The van der Waals surface area contributed by atoms with Crippen LogP contribution in [0.5, 0.6) is 11.5 Å². The van der Waals surface area contributed by atoms with E-state index in [2.05, 4.69) is 56.1 Å². The third kappa shape index (κ3) is 5.34. The lowest BCUT2D eigenvalue weighted by Crippen LogP contribution is -2.16. The smallest absolute Gasteiger partial charge is 0.358 e. The Labute approximate surface area is 202 Å². The standard InChI is InChI=1S/C27H32N2O4Si/c1-18(2)20-16-19(14-15-34(6,7)8)12-13-22(20)29-23(17-21(28-29)27(30)33-5)26-24(31-3)10-9-11-25(26)32-4/h9-13,16-18H,1-8H3. The fraction of sp³-hybridized carbons (Fsp3) is 0.333. The topological polar surface area (TPSA) is 62.6 Å². The van der Waals surface area contributed by atoms with Crippen LogP contribution in [0, 0.1) is 11.5 Å². The van der Waals surface area contributed by atoms with Gasteiger partial charge in [-0.1, -0.05) is 45.5 Å². The predicted molar refractivity (Wildman–Crippen MR) is 138 cm³/mol. The quantitative estimate of drug-likeness (QED) is 0.260. The van der Waals surface area contributed by atoms with Crippen molar-refractivity contribution < 1.29 is 19.0 Å².